The van der Waals surface area contributed by atoms with Gasteiger partial charge in [0.25, 0.3) is 0 Å². The molecule has 0 amide bonds. The van der Waals surface area contributed by atoms with E-state index in [0.717, 1.165) is 6.42 Å². The second-order valence-electron chi connectivity index (χ2n) is 3.37. The van der Waals surface area contributed by atoms with Crippen molar-refractivity contribution in [3.05, 3.63) is 57.9 Å². The first-order valence-electron chi connectivity index (χ1n) is 4.71. The first kappa shape index (κ1) is 8.69. The number of rotatable bonds is 1. The molecule has 0 nitrogen and oxygen atoms in total. The molecule has 1 aliphatic carbocycles. The van der Waals surface area contributed by atoms with E-state index in [9.17, 15) is 0 Å². The van der Waals surface area contributed by atoms with E-state index in [1.54, 1.807) is 4.91 Å². The van der Waals surface area contributed by atoms with Crippen LogP contribution in [0.3, 0.4) is 0 Å². The van der Waals surface area contributed by atoms with E-state index in [1.165, 1.54) is 10.5 Å². The van der Waals surface area contributed by atoms with Gasteiger partial charge in [0.2, 0.25) is 0 Å². The van der Waals surface area contributed by atoms with Gasteiger partial charge in [-0.1, -0.05) is 42.5 Å². The van der Waals surface area contributed by atoms with Crippen molar-refractivity contribution >= 4 is 23.5 Å². The van der Waals surface area contributed by atoms with Crippen molar-refractivity contribution in [1.82, 2.24) is 0 Å². The van der Waals surface area contributed by atoms with Gasteiger partial charge in [0.1, 0.15) is 0 Å². The Hall–Kier alpha value is -0.600. The summed E-state index contributed by atoms with van der Waals surface area (Å²) in [5.74, 6) is 0. The Morgan fingerprint density at radius 2 is 1.93 bits per heavy atom. The molecule has 1 aliphatic heterocycles. The highest BCUT2D eigenvalue weighted by Gasteiger charge is 2.26. The van der Waals surface area contributed by atoms with Crippen molar-refractivity contribution in [3.63, 3.8) is 0 Å². The van der Waals surface area contributed by atoms with Gasteiger partial charge in [-0.05, 0) is 12.0 Å². The van der Waals surface area contributed by atoms with Crippen LogP contribution in [0.25, 0.3) is 0 Å². The zero-order chi connectivity index (χ0) is 9.38. The van der Waals surface area contributed by atoms with Crippen LogP contribution in [-0.4, -0.2) is 0 Å². The van der Waals surface area contributed by atoms with E-state index in [-0.39, 0.29) is 0 Å². The summed E-state index contributed by atoms with van der Waals surface area (Å²) >= 11 is 4.00. The van der Waals surface area contributed by atoms with Crippen LogP contribution in [-0.2, 0) is 0 Å². The number of hydrogen-bond donors (Lipinski definition) is 0. The van der Waals surface area contributed by atoms with Gasteiger partial charge in [-0.15, -0.1) is 23.5 Å². The lowest BCUT2D eigenvalue weighted by molar-refractivity contribution is 1.37. The molecule has 70 valence electrons. The van der Waals surface area contributed by atoms with Gasteiger partial charge in [0.15, 0.2) is 0 Å². The standard InChI is InChI=1S/C12H10S2/c1-2-5-9(6-3-1)12-13-10-7-4-8-11(10)14-12/h1-7,12H,8H2. The van der Waals surface area contributed by atoms with Crippen molar-refractivity contribution in [3.8, 4) is 0 Å². The van der Waals surface area contributed by atoms with Crippen LogP contribution in [0, 0.1) is 0 Å². The maximum atomic E-state index is 2.26. The number of hydrogen-bond acceptors (Lipinski definition) is 2. The molecule has 0 radical (unpaired) electrons. The molecular weight excluding hydrogens is 208 g/mol. The first-order valence-corrected chi connectivity index (χ1v) is 6.47. The normalized spacial score (nSPS) is 24.4. The molecule has 1 heterocycles. The molecule has 0 spiro atoms. The number of benzene rings is 1. The van der Waals surface area contributed by atoms with Crippen molar-refractivity contribution in [2.45, 2.75) is 11.0 Å². The fourth-order valence-electron chi connectivity index (χ4n) is 1.69. The Labute approximate surface area is 92.5 Å². The second kappa shape index (κ2) is 3.52. The Morgan fingerprint density at radius 1 is 1.07 bits per heavy atom. The summed E-state index contributed by atoms with van der Waals surface area (Å²) < 4.78 is 0.589. The third-order valence-electron chi connectivity index (χ3n) is 2.40. The fraction of sp³-hybridized carbons (Fsp3) is 0.167. The monoisotopic (exact) mass is 218 g/mol. The van der Waals surface area contributed by atoms with Gasteiger partial charge in [0, 0.05) is 9.81 Å². The molecule has 14 heavy (non-hydrogen) atoms. The van der Waals surface area contributed by atoms with Crippen LogP contribution in [0.5, 0.6) is 0 Å². The Kier molecular flexibility index (Phi) is 2.18. The maximum Gasteiger partial charge on any atom is 0.0843 e. The van der Waals surface area contributed by atoms with Gasteiger partial charge in [-0.25, -0.2) is 0 Å². The van der Waals surface area contributed by atoms with Crippen molar-refractivity contribution in [2.75, 3.05) is 0 Å². The zero-order valence-electron chi connectivity index (χ0n) is 7.64. The third kappa shape index (κ3) is 1.43. The maximum absolute atomic E-state index is 2.26. The molecule has 3 rings (SSSR count). The highest BCUT2D eigenvalue weighted by atomic mass is 32.2. The lowest BCUT2D eigenvalue weighted by Gasteiger charge is -2.09. The van der Waals surface area contributed by atoms with Crippen molar-refractivity contribution in [2.24, 2.45) is 0 Å². The van der Waals surface area contributed by atoms with Gasteiger partial charge in [0.05, 0.1) is 4.58 Å². The highest BCUT2D eigenvalue weighted by molar-refractivity contribution is 8.23. The molecule has 2 heteroatoms. The number of allylic oxidation sites excluding steroid dienone is 3. The van der Waals surface area contributed by atoms with E-state index in [0.29, 0.717) is 4.58 Å². The van der Waals surface area contributed by atoms with Crippen molar-refractivity contribution in [1.29, 1.82) is 0 Å². The van der Waals surface area contributed by atoms with E-state index in [4.69, 9.17) is 0 Å². The van der Waals surface area contributed by atoms with Gasteiger partial charge in [-0.2, -0.15) is 0 Å². The minimum absolute atomic E-state index is 0.589. The van der Waals surface area contributed by atoms with E-state index in [2.05, 4.69) is 42.5 Å². The molecule has 0 saturated carbocycles. The average Bonchev–Trinajstić information content (AvgIpc) is 2.78. The Balaban J connectivity index is 1.83. The molecule has 0 fully saturated rings. The van der Waals surface area contributed by atoms with Crippen molar-refractivity contribution < 1.29 is 0 Å². The molecule has 0 N–H and O–H groups in total. The summed E-state index contributed by atoms with van der Waals surface area (Å²) in [6, 6.07) is 10.8. The molecule has 1 unspecified atom stereocenters. The SMILES string of the molecule is C1=CC2=C(C1)SC(c1ccccc1)S2. The van der Waals surface area contributed by atoms with Crippen LogP contribution in [0.4, 0.5) is 0 Å². The highest BCUT2D eigenvalue weighted by Crippen LogP contribution is 2.58. The average molecular weight is 218 g/mol. The van der Waals surface area contributed by atoms with Gasteiger partial charge >= 0.3 is 0 Å². The lowest BCUT2D eigenvalue weighted by atomic mass is 10.2. The van der Waals surface area contributed by atoms with Crippen LogP contribution in [0.15, 0.2) is 52.3 Å². The topological polar surface area (TPSA) is 0 Å². The minimum atomic E-state index is 0.589. The summed E-state index contributed by atoms with van der Waals surface area (Å²) in [7, 11) is 0. The molecule has 0 aromatic heterocycles. The van der Waals surface area contributed by atoms with E-state index >= 15 is 0 Å². The van der Waals surface area contributed by atoms with Crippen LogP contribution in [0.1, 0.15) is 16.6 Å². The summed E-state index contributed by atoms with van der Waals surface area (Å²) in [6.07, 6.45) is 5.66. The minimum Gasteiger partial charge on any atom is -0.109 e. The zero-order valence-corrected chi connectivity index (χ0v) is 9.28. The van der Waals surface area contributed by atoms with Gasteiger partial charge in [-0.3, -0.25) is 0 Å². The molecule has 0 bridgehead atoms. The van der Waals surface area contributed by atoms with Gasteiger partial charge < -0.3 is 0 Å². The Morgan fingerprint density at radius 3 is 2.71 bits per heavy atom. The predicted molar refractivity (Wildman–Crippen MR) is 65.1 cm³/mol. The summed E-state index contributed by atoms with van der Waals surface area (Å²) in [4.78, 5) is 3.05. The predicted octanol–water partition coefficient (Wildman–Crippen LogP) is 4.34. The summed E-state index contributed by atoms with van der Waals surface area (Å²) in [5.41, 5.74) is 1.44. The van der Waals surface area contributed by atoms with E-state index in [1.807, 2.05) is 23.5 Å². The molecule has 2 aliphatic rings. The number of thioether (sulfide) groups is 2. The lowest BCUT2D eigenvalue weighted by Crippen LogP contribution is -1.83. The largest absolute Gasteiger partial charge is 0.109 e. The smallest absolute Gasteiger partial charge is 0.0843 e. The Bertz CT molecular complexity index is 404. The van der Waals surface area contributed by atoms with E-state index < -0.39 is 0 Å². The van der Waals surface area contributed by atoms with Crippen LogP contribution in [0.2, 0.25) is 0 Å². The summed E-state index contributed by atoms with van der Waals surface area (Å²) in [5, 5.41) is 0. The first-order chi connectivity index (χ1) is 6.93. The second-order valence-corrected chi connectivity index (χ2v) is 6.02. The van der Waals surface area contributed by atoms with Crippen LogP contribution >= 0.6 is 23.5 Å². The van der Waals surface area contributed by atoms with Crippen LogP contribution < -0.4 is 0 Å². The fourth-order valence-corrected chi connectivity index (χ4v) is 4.67. The molecular formula is C12H10S2. The molecule has 1 aromatic carbocycles. The third-order valence-corrected chi connectivity index (χ3v) is 5.39. The molecule has 0 saturated heterocycles. The molecule has 1 atom stereocenters. The molecule has 1 aromatic rings. The quantitative estimate of drug-likeness (QED) is 0.688. The summed E-state index contributed by atoms with van der Waals surface area (Å²) in [6.45, 7) is 0.